The van der Waals surface area contributed by atoms with Crippen LogP contribution in [0.1, 0.15) is 51.2 Å². The second-order valence-corrected chi connectivity index (χ2v) is 7.26. The SMILES string of the molecule is CC(C)c1noc(CCCNC(=O)[C@]2(C)CC2(Cl)Cl)n1. The van der Waals surface area contributed by atoms with Crippen LogP contribution in [0.2, 0.25) is 0 Å². The lowest BCUT2D eigenvalue weighted by molar-refractivity contribution is -0.125. The summed E-state index contributed by atoms with van der Waals surface area (Å²) in [7, 11) is 0. The van der Waals surface area contributed by atoms with Gasteiger partial charge in [-0.1, -0.05) is 19.0 Å². The average Bonchev–Trinajstić information content (AvgIpc) is 2.77. The molecule has 1 heterocycles. The zero-order valence-electron chi connectivity index (χ0n) is 11.9. The molecule has 5 nitrogen and oxygen atoms in total. The van der Waals surface area contributed by atoms with Crippen LogP contribution in [0.3, 0.4) is 0 Å². The van der Waals surface area contributed by atoms with Crippen molar-refractivity contribution in [3.8, 4) is 0 Å². The number of rotatable bonds is 6. The van der Waals surface area contributed by atoms with Crippen LogP contribution in [0.5, 0.6) is 0 Å². The molecule has 1 aromatic heterocycles. The molecule has 0 radical (unpaired) electrons. The van der Waals surface area contributed by atoms with E-state index in [1.165, 1.54) is 0 Å². The van der Waals surface area contributed by atoms with Crippen molar-refractivity contribution < 1.29 is 9.32 Å². The molecule has 1 atom stereocenters. The molecule has 0 unspecified atom stereocenters. The van der Waals surface area contributed by atoms with Crippen molar-refractivity contribution in [1.82, 2.24) is 15.5 Å². The minimum Gasteiger partial charge on any atom is -0.356 e. The van der Waals surface area contributed by atoms with E-state index >= 15 is 0 Å². The van der Waals surface area contributed by atoms with Gasteiger partial charge in [0.15, 0.2) is 5.82 Å². The van der Waals surface area contributed by atoms with Gasteiger partial charge in [0.2, 0.25) is 11.8 Å². The Balaban J connectivity index is 1.70. The Kier molecular flexibility index (Phi) is 4.30. The summed E-state index contributed by atoms with van der Waals surface area (Å²) in [5.74, 6) is 1.46. The predicted octanol–water partition coefficient (Wildman–Crippen LogP) is 2.83. The van der Waals surface area contributed by atoms with Crippen LogP contribution >= 0.6 is 23.2 Å². The molecule has 20 heavy (non-hydrogen) atoms. The fourth-order valence-corrected chi connectivity index (χ4v) is 2.59. The van der Waals surface area contributed by atoms with E-state index in [0.29, 0.717) is 31.1 Å². The Labute approximate surface area is 128 Å². The second-order valence-electron chi connectivity index (χ2n) is 5.77. The highest BCUT2D eigenvalue weighted by molar-refractivity contribution is 6.53. The van der Waals surface area contributed by atoms with E-state index in [9.17, 15) is 4.79 Å². The molecule has 7 heteroatoms. The van der Waals surface area contributed by atoms with Gasteiger partial charge in [-0.3, -0.25) is 4.79 Å². The third-order valence-corrected chi connectivity index (χ3v) is 4.71. The van der Waals surface area contributed by atoms with Gasteiger partial charge in [-0.2, -0.15) is 4.98 Å². The van der Waals surface area contributed by atoms with Crippen molar-refractivity contribution in [1.29, 1.82) is 0 Å². The summed E-state index contributed by atoms with van der Waals surface area (Å²) in [6.07, 6.45) is 1.87. The van der Waals surface area contributed by atoms with Crippen LogP contribution in [-0.4, -0.2) is 26.9 Å². The van der Waals surface area contributed by atoms with Crippen LogP contribution in [0.4, 0.5) is 0 Å². The number of carbonyl (C=O) groups excluding carboxylic acids is 1. The molecule has 1 aliphatic rings. The van der Waals surface area contributed by atoms with Crippen molar-refractivity contribution >= 4 is 29.1 Å². The lowest BCUT2D eigenvalue weighted by Crippen LogP contribution is -2.34. The van der Waals surface area contributed by atoms with E-state index in [-0.39, 0.29) is 11.8 Å². The van der Waals surface area contributed by atoms with Gasteiger partial charge in [0.05, 0.1) is 5.41 Å². The number of aromatic nitrogens is 2. The molecule has 0 saturated heterocycles. The summed E-state index contributed by atoms with van der Waals surface area (Å²) >= 11 is 11.9. The average molecular weight is 320 g/mol. The zero-order chi connectivity index (χ0) is 15.0. The number of carbonyl (C=O) groups is 1. The number of aryl methyl sites for hydroxylation is 1. The first kappa shape index (κ1) is 15.6. The monoisotopic (exact) mass is 319 g/mol. The number of halogens is 2. The van der Waals surface area contributed by atoms with Crippen LogP contribution in [-0.2, 0) is 11.2 Å². The van der Waals surface area contributed by atoms with E-state index in [4.69, 9.17) is 27.7 Å². The molecule has 0 bridgehead atoms. The van der Waals surface area contributed by atoms with Crippen molar-refractivity contribution in [2.45, 2.75) is 50.3 Å². The largest absolute Gasteiger partial charge is 0.356 e. The number of nitrogens with zero attached hydrogens (tertiary/aromatic N) is 2. The first-order valence-corrected chi connectivity index (χ1v) is 7.50. The Morgan fingerprint density at radius 1 is 1.50 bits per heavy atom. The minimum atomic E-state index is -0.921. The van der Waals surface area contributed by atoms with Gasteiger partial charge < -0.3 is 9.84 Å². The quantitative estimate of drug-likeness (QED) is 0.646. The van der Waals surface area contributed by atoms with Crippen molar-refractivity contribution in [2.24, 2.45) is 5.41 Å². The number of alkyl halides is 2. The molecule has 0 spiro atoms. The first-order valence-electron chi connectivity index (χ1n) is 6.75. The Hall–Kier alpha value is -0.810. The third-order valence-electron chi connectivity index (χ3n) is 3.61. The van der Waals surface area contributed by atoms with Crippen LogP contribution in [0.25, 0.3) is 0 Å². The van der Waals surface area contributed by atoms with E-state index in [1.807, 2.05) is 13.8 Å². The van der Waals surface area contributed by atoms with Crippen molar-refractivity contribution in [3.05, 3.63) is 11.7 Å². The van der Waals surface area contributed by atoms with E-state index in [0.717, 1.165) is 6.42 Å². The van der Waals surface area contributed by atoms with Crippen molar-refractivity contribution in [3.63, 3.8) is 0 Å². The van der Waals surface area contributed by atoms with Gasteiger partial charge in [0, 0.05) is 18.9 Å². The lowest BCUT2D eigenvalue weighted by atomic mass is 10.1. The zero-order valence-corrected chi connectivity index (χ0v) is 13.4. The molecule has 1 aliphatic carbocycles. The standard InChI is InChI=1S/C13H19Cl2N3O2/c1-8(2)10-17-9(20-18-10)5-4-6-16-11(19)12(3)7-13(12,14)15/h8H,4-7H2,1-3H3,(H,16,19)/t12-/m0/s1. The number of hydrogen-bond acceptors (Lipinski definition) is 4. The molecule has 1 amide bonds. The van der Waals surface area contributed by atoms with Gasteiger partial charge in [-0.25, -0.2) is 0 Å². The molecular formula is C13H19Cl2N3O2. The maximum atomic E-state index is 11.9. The summed E-state index contributed by atoms with van der Waals surface area (Å²) < 4.78 is 4.21. The Morgan fingerprint density at radius 2 is 2.15 bits per heavy atom. The topological polar surface area (TPSA) is 68.0 Å². The van der Waals surface area contributed by atoms with Gasteiger partial charge in [0.1, 0.15) is 4.33 Å². The number of nitrogens with one attached hydrogen (secondary N) is 1. The summed E-state index contributed by atoms with van der Waals surface area (Å²) in [6, 6.07) is 0. The third kappa shape index (κ3) is 3.09. The fraction of sp³-hybridized carbons (Fsp3) is 0.769. The maximum Gasteiger partial charge on any atom is 0.229 e. The normalized spacial score (nSPS) is 23.9. The van der Waals surface area contributed by atoms with Crippen LogP contribution < -0.4 is 5.32 Å². The van der Waals surface area contributed by atoms with Gasteiger partial charge in [-0.05, 0) is 19.8 Å². The van der Waals surface area contributed by atoms with Gasteiger partial charge in [0.25, 0.3) is 0 Å². The number of hydrogen-bond donors (Lipinski definition) is 1. The molecule has 0 aliphatic heterocycles. The molecule has 1 N–H and O–H groups in total. The molecule has 1 fully saturated rings. The fourth-order valence-electron chi connectivity index (χ4n) is 1.89. The van der Waals surface area contributed by atoms with Gasteiger partial charge in [-0.15, -0.1) is 23.2 Å². The molecule has 2 rings (SSSR count). The summed E-state index contributed by atoms with van der Waals surface area (Å²) in [5, 5.41) is 6.73. The molecule has 112 valence electrons. The molecular weight excluding hydrogens is 301 g/mol. The van der Waals surface area contributed by atoms with E-state index < -0.39 is 9.75 Å². The lowest BCUT2D eigenvalue weighted by Gasteiger charge is -2.11. The minimum absolute atomic E-state index is 0.101. The molecule has 1 aromatic rings. The van der Waals surface area contributed by atoms with Crippen LogP contribution in [0, 0.1) is 5.41 Å². The maximum absolute atomic E-state index is 11.9. The number of amides is 1. The van der Waals surface area contributed by atoms with E-state index in [2.05, 4.69) is 15.5 Å². The highest BCUT2D eigenvalue weighted by atomic mass is 35.5. The highest BCUT2D eigenvalue weighted by Gasteiger charge is 2.67. The highest BCUT2D eigenvalue weighted by Crippen LogP contribution is 2.63. The Morgan fingerprint density at radius 3 is 2.65 bits per heavy atom. The van der Waals surface area contributed by atoms with Crippen molar-refractivity contribution in [2.75, 3.05) is 6.54 Å². The first-order chi connectivity index (χ1) is 9.26. The molecule has 0 aromatic carbocycles. The van der Waals surface area contributed by atoms with E-state index in [1.54, 1.807) is 6.92 Å². The predicted molar refractivity (Wildman–Crippen MR) is 76.9 cm³/mol. The summed E-state index contributed by atoms with van der Waals surface area (Å²) in [4.78, 5) is 16.2. The Bertz CT molecular complexity index is 502. The van der Waals surface area contributed by atoms with Crippen LogP contribution in [0.15, 0.2) is 4.52 Å². The summed E-state index contributed by atoms with van der Waals surface area (Å²) in [6.45, 7) is 6.33. The second kappa shape index (κ2) is 5.53. The van der Waals surface area contributed by atoms with Gasteiger partial charge >= 0.3 is 0 Å². The smallest absolute Gasteiger partial charge is 0.229 e. The summed E-state index contributed by atoms with van der Waals surface area (Å²) in [5.41, 5.74) is -0.661. The molecule has 1 saturated carbocycles.